The molecule has 0 aliphatic heterocycles. The molecule has 6 heteroatoms. The first kappa shape index (κ1) is 15.3. The van der Waals surface area contributed by atoms with E-state index >= 15 is 0 Å². The van der Waals surface area contributed by atoms with Crippen molar-refractivity contribution in [2.24, 2.45) is 0 Å². The minimum absolute atomic E-state index is 0.807. The number of aromatic amines is 1. The van der Waals surface area contributed by atoms with Crippen LogP contribution in [0.3, 0.4) is 0 Å². The molecule has 2 aromatic carbocycles. The molecule has 0 amide bonds. The van der Waals surface area contributed by atoms with Crippen LogP contribution in [0.5, 0.6) is 0 Å². The molecule has 128 valence electrons. The number of H-pyrrole nitrogens is 1. The van der Waals surface area contributed by atoms with Gasteiger partial charge < -0.3 is 4.98 Å². The summed E-state index contributed by atoms with van der Waals surface area (Å²) in [6.07, 6.45) is 0.807. The predicted octanol–water partition coefficient (Wildman–Crippen LogP) is 4.87. The third kappa shape index (κ3) is 2.26. The molecule has 0 spiro atoms. The topological polar surface area (TPSA) is 58.9 Å². The highest BCUT2D eigenvalue weighted by Gasteiger charge is 2.20. The van der Waals surface area contributed by atoms with E-state index in [1.807, 2.05) is 10.6 Å². The maximum absolute atomic E-state index is 4.80. The van der Waals surface area contributed by atoms with Gasteiger partial charge in [0.15, 0.2) is 10.8 Å². The van der Waals surface area contributed by atoms with Crippen LogP contribution in [0.15, 0.2) is 48.5 Å². The maximum Gasteiger partial charge on any atom is 0.235 e. The van der Waals surface area contributed by atoms with Gasteiger partial charge in [0.1, 0.15) is 0 Å². The Balaban J connectivity index is 1.82. The van der Waals surface area contributed by atoms with Crippen LogP contribution in [0.25, 0.3) is 37.7 Å². The summed E-state index contributed by atoms with van der Waals surface area (Å²) in [5, 5.41) is 15.4. The number of aryl methyl sites for hydroxylation is 2. The van der Waals surface area contributed by atoms with Gasteiger partial charge in [-0.1, -0.05) is 60.2 Å². The Morgan fingerprint density at radius 3 is 2.73 bits per heavy atom. The largest absolute Gasteiger partial charge is 0.352 e. The summed E-state index contributed by atoms with van der Waals surface area (Å²) in [6, 6.07) is 17.0. The first-order chi connectivity index (χ1) is 12.7. The third-order valence-electron chi connectivity index (χ3n) is 4.60. The number of fused-ring (bicyclic) bond motifs is 2. The lowest BCUT2D eigenvalue weighted by molar-refractivity contribution is 0.837. The van der Waals surface area contributed by atoms with Crippen molar-refractivity contribution >= 4 is 27.2 Å². The van der Waals surface area contributed by atoms with Gasteiger partial charge in [-0.2, -0.15) is 9.61 Å². The molecule has 0 aliphatic carbocycles. The lowest BCUT2D eigenvalue weighted by Crippen LogP contribution is -1.93. The predicted molar refractivity (Wildman–Crippen MR) is 106 cm³/mol. The number of benzene rings is 2. The number of nitrogens with zero attached hydrogens (tertiary/aromatic N) is 4. The molecule has 5 aromatic rings. The summed E-state index contributed by atoms with van der Waals surface area (Å²) in [6.45, 7) is 4.19. The number of hydrogen-bond acceptors (Lipinski definition) is 4. The van der Waals surface area contributed by atoms with Crippen LogP contribution in [0.1, 0.15) is 18.3 Å². The lowest BCUT2D eigenvalue weighted by atomic mass is 10.0. The fraction of sp³-hybridized carbons (Fsp3) is 0.150. The Hall–Kier alpha value is -2.99. The van der Waals surface area contributed by atoms with E-state index in [1.165, 1.54) is 22.1 Å². The van der Waals surface area contributed by atoms with E-state index in [0.29, 0.717) is 0 Å². The fourth-order valence-corrected chi connectivity index (χ4v) is 4.21. The molecule has 0 fully saturated rings. The van der Waals surface area contributed by atoms with Gasteiger partial charge in [-0.05, 0) is 24.6 Å². The lowest BCUT2D eigenvalue weighted by Gasteiger charge is -2.03. The van der Waals surface area contributed by atoms with Gasteiger partial charge in [-0.15, -0.1) is 10.2 Å². The van der Waals surface area contributed by atoms with Gasteiger partial charge >= 0.3 is 0 Å². The number of aromatic nitrogens is 5. The van der Waals surface area contributed by atoms with E-state index in [4.69, 9.17) is 5.10 Å². The highest BCUT2D eigenvalue weighted by atomic mass is 32.1. The molecule has 1 N–H and O–H groups in total. The van der Waals surface area contributed by atoms with Crippen molar-refractivity contribution in [1.29, 1.82) is 0 Å². The second-order valence-electron chi connectivity index (χ2n) is 6.36. The Labute approximate surface area is 154 Å². The highest BCUT2D eigenvalue weighted by molar-refractivity contribution is 7.19. The molecule has 0 unspecified atom stereocenters. The Morgan fingerprint density at radius 2 is 1.92 bits per heavy atom. The van der Waals surface area contributed by atoms with E-state index in [-0.39, 0.29) is 0 Å². The van der Waals surface area contributed by atoms with E-state index in [9.17, 15) is 0 Å². The first-order valence-electron chi connectivity index (χ1n) is 8.64. The normalized spacial score (nSPS) is 11.6. The molecule has 3 aromatic heterocycles. The zero-order chi connectivity index (χ0) is 17.7. The van der Waals surface area contributed by atoms with E-state index in [1.54, 1.807) is 11.3 Å². The van der Waals surface area contributed by atoms with Gasteiger partial charge in [-0.3, -0.25) is 0 Å². The van der Waals surface area contributed by atoms with E-state index < -0.39 is 0 Å². The molecule has 26 heavy (non-hydrogen) atoms. The van der Waals surface area contributed by atoms with Gasteiger partial charge in [0.2, 0.25) is 4.96 Å². The maximum atomic E-state index is 4.80. The van der Waals surface area contributed by atoms with E-state index in [2.05, 4.69) is 71.5 Å². The average Bonchev–Trinajstić information content (AvgIpc) is 3.33. The minimum Gasteiger partial charge on any atom is -0.352 e. The SMILES string of the molecule is CCc1nnc2sc(-c3[nH]c4ccc(C)cc4c3-c3ccccc3)nn12. The standard InChI is InChI=1S/C20H17N5S/c1-3-16-22-23-20-25(16)24-19(26-20)18-17(13-7-5-4-6-8-13)14-11-12(2)9-10-15(14)21-18/h4-11,21H,3H2,1-2H3. The fourth-order valence-electron chi connectivity index (χ4n) is 3.35. The first-order valence-corrected chi connectivity index (χ1v) is 9.45. The van der Waals surface area contributed by atoms with Crippen molar-refractivity contribution in [2.75, 3.05) is 0 Å². The van der Waals surface area contributed by atoms with Crippen molar-refractivity contribution in [2.45, 2.75) is 20.3 Å². The van der Waals surface area contributed by atoms with Crippen molar-refractivity contribution in [1.82, 2.24) is 24.8 Å². The summed E-state index contributed by atoms with van der Waals surface area (Å²) < 4.78 is 1.85. The molecular formula is C20H17N5S. The number of nitrogens with one attached hydrogen (secondary N) is 1. The van der Waals surface area contributed by atoms with Crippen LogP contribution in [0.2, 0.25) is 0 Å². The van der Waals surface area contributed by atoms with Crippen LogP contribution in [-0.2, 0) is 6.42 Å². The molecule has 0 saturated carbocycles. The van der Waals surface area contributed by atoms with Gasteiger partial charge in [-0.25, -0.2) is 0 Å². The van der Waals surface area contributed by atoms with Crippen molar-refractivity contribution in [3.63, 3.8) is 0 Å². The Morgan fingerprint density at radius 1 is 1.08 bits per heavy atom. The molecule has 0 atom stereocenters. The van der Waals surface area contributed by atoms with Gasteiger partial charge in [0.05, 0.1) is 5.69 Å². The van der Waals surface area contributed by atoms with Crippen LogP contribution in [-0.4, -0.2) is 24.8 Å². The Bertz CT molecular complexity index is 1230. The molecular weight excluding hydrogens is 342 g/mol. The zero-order valence-corrected chi connectivity index (χ0v) is 15.3. The molecule has 5 nitrogen and oxygen atoms in total. The Kier molecular flexibility index (Phi) is 3.39. The van der Waals surface area contributed by atoms with Crippen molar-refractivity contribution < 1.29 is 0 Å². The summed E-state index contributed by atoms with van der Waals surface area (Å²) in [7, 11) is 0. The van der Waals surface area contributed by atoms with Crippen molar-refractivity contribution in [3.05, 3.63) is 59.9 Å². The van der Waals surface area contributed by atoms with Crippen LogP contribution >= 0.6 is 11.3 Å². The van der Waals surface area contributed by atoms with Gasteiger partial charge in [0.25, 0.3) is 0 Å². The summed E-state index contributed by atoms with van der Waals surface area (Å²) in [5.74, 6) is 0.885. The molecule has 0 saturated heterocycles. The third-order valence-corrected chi connectivity index (χ3v) is 5.52. The van der Waals surface area contributed by atoms with Crippen molar-refractivity contribution in [3.8, 4) is 21.8 Å². The van der Waals surface area contributed by atoms with Crippen LogP contribution < -0.4 is 0 Å². The summed E-state index contributed by atoms with van der Waals surface area (Å²) >= 11 is 1.56. The second kappa shape index (κ2) is 5.78. The number of hydrogen-bond donors (Lipinski definition) is 1. The monoisotopic (exact) mass is 359 g/mol. The molecule has 0 aliphatic rings. The minimum atomic E-state index is 0.807. The molecule has 3 heterocycles. The zero-order valence-electron chi connectivity index (χ0n) is 14.5. The van der Waals surface area contributed by atoms with Crippen LogP contribution in [0, 0.1) is 6.92 Å². The average molecular weight is 359 g/mol. The smallest absolute Gasteiger partial charge is 0.235 e. The van der Waals surface area contributed by atoms with E-state index in [0.717, 1.165) is 33.4 Å². The summed E-state index contributed by atoms with van der Waals surface area (Å²) in [5.41, 5.74) is 5.76. The van der Waals surface area contributed by atoms with Crippen LogP contribution in [0.4, 0.5) is 0 Å². The van der Waals surface area contributed by atoms with Gasteiger partial charge in [0, 0.05) is 22.9 Å². The highest BCUT2D eigenvalue weighted by Crippen LogP contribution is 2.39. The summed E-state index contributed by atoms with van der Waals surface area (Å²) in [4.78, 5) is 4.41. The quantitative estimate of drug-likeness (QED) is 0.500. The molecule has 0 radical (unpaired) electrons. The molecule has 5 rings (SSSR count). The molecule has 0 bridgehead atoms. The second-order valence-corrected chi connectivity index (χ2v) is 7.32. The number of rotatable bonds is 3.